The first-order chi connectivity index (χ1) is 9.45. The third-order valence-electron chi connectivity index (χ3n) is 3.47. The summed E-state index contributed by atoms with van der Waals surface area (Å²) in [4.78, 5) is 11.2. The highest BCUT2D eigenvalue weighted by Gasteiger charge is 2.06. The fraction of sp³-hybridized carbons (Fsp3) is 0.278. The topological polar surface area (TPSA) is 29.1 Å². The normalized spacial score (nSPS) is 10.4. The van der Waals surface area contributed by atoms with Crippen LogP contribution in [0.4, 0.5) is 5.69 Å². The highest BCUT2D eigenvalue weighted by Crippen LogP contribution is 2.23. The molecule has 0 saturated carbocycles. The van der Waals surface area contributed by atoms with E-state index in [9.17, 15) is 4.79 Å². The number of anilines is 1. The van der Waals surface area contributed by atoms with E-state index in [0.29, 0.717) is 0 Å². The van der Waals surface area contributed by atoms with Gasteiger partial charge in [-0.05, 0) is 55.5 Å². The smallest absolute Gasteiger partial charge is 0.221 e. The maximum absolute atomic E-state index is 11.2. The van der Waals surface area contributed by atoms with Crippen molar-refractivity contribution in [3.05, 3.63) is 64.2 Å². The average molecular weight is 267 g/mol. The molecule has 0 aromatic heterocycles. The van der Waals surface area contributed by atoms with Crippen LogP contribution in [-0.4, -0.2) is 5.91 Å². The zero-order valence-electron chi connectivity index (χ0n) is 12.6. The van der Waals surface area contributed by atoms with Crippen LogP contribution < -0.4 is 5.32 Å². The molecule has 2 aromatic carbocycles. The first-order valence-corrected chi connectivity index (χ1v) is 6.89. The van der Waals surface area contributed by atoms with Gasteiger partial charge in [0.1, 0.15) is 0 Å². The van der Waals surface area contributed by atoms with Crippen molar-refractivity contribution in [1.29, 1.82) is 0 Å². The number of rotatable bonds is 3. The molecular formula is C18H21NO. The van der Waals surface area contributed by atoms with E-state index in [1.807, 2.05) is 6.92 Å². The molecule has 0 aliphatic heterocycles. The van der Waals surface area contributed by atoms with E-state index in [-0.39, 0.29) is 5.91 Å². The van der Waals surface area contributed by atoms with Gasteiger partial charge in [0.15, 0.2) is 0 Å². The third kappa shape index (κ3) is 3.47. The van der Waals surface area contributed by atoms with Gasteiger partial charge in [0.05, 0.1) is 0 Å². The van der Waals surface area contributed by atoms with Crippen molar-refractivity contribution in [3.8, 4) is 0 Å². The Balaban J connectivity index is 2.29. The van der Waals surface area contributed by atoms with E-state index in [1.54, 1.807) is 0 Å². The van der Waals surface area contributed by atoms with Crippen molar-refractivity contribution in [3.63, 3.8) is 0 Å². The van der Waals surface area contributed by atoms with Gasteiger partial charge in [0, 0.05) is 12.6 Å². The van der Waals surface area contributed by atoms with Gasteiger partial charge in [-0.3, -0.25) is 4.79 Å². The fourth-order valence-corrected chi connectivity index (χ4v) is 2.43. The highest BCUT2D eigenvalue weighted by molar-refractivity contribution is 5.89. The Kier molecular flexibility index (Phi) is 4.23. The maximum atomic E-state index is 11.2. The summed E-state index contributed by atoms with van der Waals surface area (Å²) in [6, 6.07) is 12.8. The number of amides is 1. The molecule has 0 radical (unpaired) electrons. The van der Waals surface area contributed by atoms with Gasteiger partial charge in [-0.1, -0.05) is 35.9 Å². The van der Waals surface area contributed by atoms with E-state index >= 15 is 0 Å². The molecule has 0 saturated heterocycles. The minimum atomic E-state index is -0.0288. The third-order valence-corrected chi connectivity index (χ3v) is 3.47. The molecule has 0 fully saturated rings. The molecule has 0 aliphatic rings. The summed E-state index contributed by atoms with van der Waals surface area (Å²) in [5.74, 6) is -0.0288. The van der Waals surface area contributed by atoms with E-state index in [0.717, 1.165) is 17.7 Å². The van der Waals surface area contributed by atoms with E-state index in [1.165, 1.54) is 29.2 Å². The molecular weight excluding hydrogens is 246 g/mol. The van der Waals surface area contributed by atoms with E-state index in [2.05, 4.69) is 55.6 Å². The molecule has 0 unspecified atom stereocenters. The van der Waals surface area contributed by atoms with Crippen LogP contribution in [0.25, 0.3) is 0 Å². The van der Waals surface area contributed by atoms with Gasteiger partial charge in [0.2, 0.25) is 5.91 Å². The highest BCUT2D eigenvalue weighted by atomic mass is 16.1. The Labute approximate surface area is 120 Å². The number of hydrogen-bond donors (Lipinski definition) is 1. The minimum absolute atomic E-state index is 0.0288. The van der Waals surface area contributed by atoms with Crippen LogP contribution in [0.1, 0.15) is 34.7 Å². The first kappa shape index (κ1) is 14.3. The number of hydrogen-bond acceptors (Lipinski definition) is 1. The molecule has 1 amide bonds. The second-order valence-electron chi connectivity index (χ2n) is 5.44. The van der Waals surface area contributed by atoms with Gasteiger partial charge >= 0.3 is 0 Å². The summed E-state index contributed by atoms with van der Waals surface area (Å²) in [6.07, 6.45) is 0.925. The van der Waals surface area contributed by atoms with Crippen LogP contribution in [0.5, 0.6) is 0 Å². The summed E-state index contributed by atoms with van der Waals surface area (Å²) < 4.78 is 0. The SMILES string of the molecule is CC(=O)Nc1cc(C)c(Cc2cccc(C)c2)cc1C. The van der Waals surface area contributed by atoms with Crippen molar-refractivity contribution >= 4 is 11.6 Å². The molecule has 0 bridgehead atoms. The molecule has 0 atom stereocenters. The molecule has 1 N–H and O–H groups in total. The zero-order chi connectivity index (χ0) is 14.7. The Morgan fingerprint density at radius 2 is 1.80 bits per heavy atom. The molecule has 20 heavy (non-hydrogen) atoms. The molecule has 104 valence electrons. The van der Waals surface area contributed by atoms with Gasteiger partial charge in [-0.25, -0.2) is 0 Å². The Morgan fingerprint density at radius 1 is 1.05 bits per heavy atom. The molecule has 0 spiro atoms. The fourth-order valence-electron chi connectivity index (χ4n) is 2.43. The number of nitrogens with one attached hydrogen (secondary N) is 1. The predicted molar refractivity (Wildman–Crippen MR) is 84.2 cm³/mol. The molecule has 2 nitrogen and oxygen atoms in total. The van der Waals surface area contributed by atoms with Crippen LogP contribution >= 0.6 is 0 Å². The summed E-state index contributed by atoms with van der Waals surface area (Å²) >= 11 is 0. The number of aryl methyl sites for hydroxylation is 3. The van der Waals surface area contributed by atoms with Crippen LogP contribution in [0.3, 0.4) is 0 Å². The van der Waals surface area contributed by atoms with Crippen LogP contribution in [0, 0.1) is 20.8 Å². The summed E-state index contributed by atoms with van der Waals surface area (Å²) in [7, 11) is 0. The largest absolute Gasteiger partial charge is 0.326 e. The lowest BCUT2D eigenvalue weighted by Gasteiger charge is -2.13. The average Bonchev–Trinajstić information content (AvgIpc) is 2.35. The van der Waals surface area contributed by atoms with Gasteiger partial charge in [-0.15, -0.1) is 0 Å². The van der Waals surface area contributed by atoms with E-state index < -0.39 is 0 Å². The number of carbonyl (C=O) groups excluding carboxylic acids is 1. The van der Waals surface area contributed by atoms with Gasteiger partial charge in [-0.2, -0.15) is 0 Å². The number of benzene rings is 2. The van der Waals surface area contributed by atoms with Crippen molar-refractivity contribution < 1.29 is 4.79 Å². The quantitative estimate of drug-likeness (QED) is 0.888. The zero-order valence-corrected chi connectivity index (χ0v) is 12.6. The number of carbonyl (C=O) groups is 1. The second-order valence-corrected chi connectivity index (χ2v) is 5.44. The van der Waals surface area contributed by atoms with Crippen molar-refractivity contribution in [1.82, 2.24) is 0 Å². The van der Waals surface area contributed by atoms with Crippen molar-refractivity contribution in [2.24, 2.45) is 0 Å². The van der Waals surface area contributed by atoms with Crippen LogP contribution in [0.2, 0.25) is 0 Å². The standard InChI is InChI=1S/C18H21NO/c1-12-6-5-7-16(8-12)11-17-9-14(3)18(10-13(17)2)19-15(4)20/h5-10H,11H2,1-4H3,(H,19,20). The van der Waals surface area contributed by atoms with Gasteiger partial charge in [0.25, 0.3) is 0 Å². The molecule has 2 rings (SSSR count). The van der Waals surface area contributed by atoms with Gasteiger partial charge < -0.3 is 5.32 Å². The lowest BCUT2D eigenvalue weighted by atomic mass is 9.96. The van der Waals surface area contributed by atoms with Crippen LogP contribution in [0.15, 0.2) is 36.4 Å². The van der Waals surface area contributed by atoms with E-state index in [4.69, 9.17) is 0 Å². The lowest BCUT2D eigenvalue weighted by molar-refractivity contribution is -0.114. The van der Waals surface area contributed by atoms with Crippen molar-refractivity contribution in [2.75, 3.05) is 5.32 Å². The molecule has 2 heteroatoms. The van der Waals surface area contributed by atoms with Crippen LogP contribution in [-0.2, 0) is 11.2 Å². The predicted octanol–water partition coefficient (Wildman–Crippen LogP) is 4.16. The molecule has 0 aliphatic carbocycles. The maximum Gasteiger partial charge on any atom is 0.221 e. The summed E-state index contributed by atoms with van der Waals surface area (Å²) in [5.41, 5.74) is 7.13. The van der Waals surface area contributed by atoms with Crippen molar-refractivity contribution in [2.45, 2.75) is 34.1 Å². The lowest BCUT2D eigenvalue weighted by Crippen LogP contribution is -2.08. The Hall–Kier alpha value is -2.09. The molecule has 2 aromatic rings. The Bertz CT molecular complexity index is 644. The molecule has 0 heterocycles. The second kappa shape index (κ2) is 5.91. The monoisotopic (exact) mass is 267 g/mol. The summed E-state index contributed by atoms with van der Waals surface area (Å²) in [6.45, 7) is 7.78. The Morgan fingerprint density at radius 3 is 2.45 bits per heavy atom. The first-order valence-electron chi connectivity index (χ1n) is 6.89. The summed E-state index contributed by atoms with van der Waals surface area (Å²) in [5, 5.41) is 2.88. The minimum Gasteiger partial charge on any atom is -0.326 e.